The van der Waals surface area contributed by atoms with Crippen LogP contribution in [0.1, 0.15) is 233 Å². The van der Waals surface area contributed by atoms with Gasteiger partial charge in [0.25, 0.3) is 0 Å². The maximum atomic E-state index is 12.6. The van der Waals surface area contributed by atoms with Crippen molar-refractivity contribution >= 4 is 17.9 Å². The predicted molar refractivity (Wildman–Crippen MR) is 206 cm³/mol. The number of hydrogen-bond acceptors (Lipinski definition) is 6. The monoisotopic (exact) mass is 695 g/mol. The Morgan fingerprint density at radius 1 is 0.388 bits per heavy atom. The minimum Gasteiger partial charge on any atom is -0.462 e. The number of rotatable bonds is 38. The van der Waals surface area contributed by atoms with E-state index < -0.39 is 6.10 Å². The summed E-state index contributed by atoms with van der Waals surface area (Å²) in [6, 6.07) is 0. The van der Waals surface area contributed by atoms with E-state index in [-0.39, 0.29) is 31.1 Å². The van der Waals surface area contributed by atoms with Crippen LogP contribution in [0.3, 0.4) is 0 Å². The maximum absolute atomic E-state index is 12.6. The van der Waals surface area contributed by atoms with Gasteiger partial charge in [0.15, 0.2) is 6.10 Å². The van der Waals surface area contributed by atoms with Gasteiger partial charge in [0.2, 0.25) is 0 Å². The summed E-state index contributed by atoms with van der Waals surface area (Å²) in [6.07, 6.45) is 35.4. The van der Waals surface area contributed by atoms with Crippen LogP contribution in [0.2, 0.25) is 0 Å². The normalized spacial score (nSPS) is 11.9. The molecule has 0 saturated carbocycles. The highest BCUT2D eigenvalue weighted by Crippen LogP contribution is 2.16. The molecule has 0 spiro atoms. The zero-order valence-electron chi connectivity index (χ0n) is 33.1. The molecule has 6 heteroatoms. The fourth-order valence-electron chi connectivity index (χ4n) is 6.27. The lowest BCUT2D eigenvalue weighted by Crippen LogP contribution is -2.30. The summed E-state index contributed by atoms with van der Waals surface area (Å²) in [4.78, 5) is 37.4. The molecule has 0 aliphatic carbocycles. The number of carbonyl (C=O) groups is 3. The smallest absolute Gasteiger partial charge is 0.306 e. The van der Waals surface area contributed by atoms with Gasteiger partial charge in [-0.25, -0.2) is 0 Å². The molecule has 0 aromatic carbocycles. The molecule has 0 aliphatic rings. The van der Waals surface area contributed by atoms with Crippen molar-refractivity contribution in [2.75, 3.05) is 13.2 Å². The molecule has 0 aromatic rings. The summed E-state index contributed by atoms with van der Waals surface area (Å²) in [5, 5.41) is 0. The lowest BCUT2D eigenvalue weighted by molar-refractivity contribution is -0.167. The fourth-order valence-corrected chi connectivity index (χ4v) is 6.27. The Kier molecular flexibility index (Phi) is 36.4. The summed E-state index contributed by atoms with van der Waals surface area (Å²) >= 11 is 0. The Morgan fingerprint density at radius 3 is 1.00 bits per heavy atom. The van der Waals surface area contributed by atoms with Crippen molar-refractivity contribution in [1.82, 2.24) is 0 Å². The standard InChI is InChI=1S/C43H82O6/c1-5-7-9-11-12-13-14-17-20-23-27-31-35-42(45)48-38-40(37-47-41(44)34-30-25-10-8-6-2)49-43(46)36-32-28-24-21-18-15-16-19-22-26-29-33-39(3)4/h39-40H,5-38H2,1-4H3/t40-/m0/s1. The van der Waals surface area contributed by atoms with Crippen LogP contribution in [-0.4, -0.2) is 37.2 Å². The highest BCUT2D eigenvalue weighted by atomic mass is 16.6. The quantitative estimate of drug-likeness (QED) is 0.0364. The van der Waals surface area contributed by atoms with Crippen molar-refractivity contribution < 1.29 is 28.6 Å². The number of hydrogen-bond donors (Lipinski definition) is 0. The van der Waals surface area contributed by atoms with E-state index in [2.05, 4.69) is 27.7 Å². The molecule has 0 radical (unpaired) electrons. The minimum absolute atomic E-state index is 0.0651. The summed E-state index contributed by atoms with van der Waals surface area (Å²) in [5.74, 6) is -0.0471. The number of carbonyl (C=O) groups excluding carboxylic acids is 3. The highest BCUT2D eigenvalue weighted by Gasteiger charge is 2.19. The average Bonchev–Trinajstić information content (AvgIpc) is 3.08. The molecule has 0 fully saturated rings. The molecule has 0 amide bonds. The molecule has 0 N–H and O–H groups in total. The van der Waals surface area contributed by atoms with Crippen LogP contribution < -0.4 is 0 Å². The Bertz CT molecular complexity index is 736. The second-order valence-electron chi connectivity index (χ2n) is 15.1. The van der Waals surface area contributed by atoms with E-state index in [0.29, 0.717) is 19.3 Å². The third-order valence-electron chi connectivity index (χ3n) is 9.54. The Balaban J connectivity index is 4.22. The molecule has 0 rings (SSSR count). The van der Waals surface area contributed by atoms with Crippen LogP contribution in [0.25, 0.3) is 0 Å². The van der Waals surface area contributed by atoms with Gasteiger partial charge in [0.1, 0.15) is 13.2 Å². The van der Waals surface area contributed by atoms with Gasteiger partial charge in [-0.3, -0.25) is 14.4 Å². The average molecular weight is 695 g/mol. The van der Waals surface area contributed by atoms with Crippen molar-refractivity contribution in [2.24, 2.45) is 5.92 Å². The molecular weight excluding hydrogens is 612 g/mol. The molecule has 0 aromatic heterocycles. The Morgan fingerprint density at radius 2 is 0.673 bits per heavy atom. The van der Waals surface area contributed by atoms with E-state index in [4.69, 9.17) is 14.2 Å². The van der Waals surface area contributed by atoms with E-state index in [0.717, 1.165) is 70.1 Å². The van der Waals surface area contributed by atoms with E-state index in [1.807, 2.05) is 0 Å². The molecule has 1 atom stereocenters. The van der Waals surface area contributed by atoms with Crippen LogP contribution in [0, 0.1) is 5.92 Å². The van der Waals surface area contributed by atoms with Crippen LogP contribution >= 0.6 is 0 Å². The molecule has 0 bridgehead atoms. The molecule has 290 valence electrons. The molecule has 0 saturated heterocycles. The third kappa shape index (κ3) is 37.5. The van der Waals surface area contributed by atoms with E-state index >= 15 is 0 Å². The number of ether oxygens (including phenoxy) is 3. The van der Waals surface area contributed by atoms with Crippen molar-refractivity contribution in [3.63, 3.8) is 0 Å². The van der Waals surface area contributed by atoms with Crippen LogP contribution in [0.15, 0.2) is 0 Å². The molecule has 0 aliphatic heterocycles. The largest absolute Gasteiger partial charge is 0.462 e. The summed E-state index contributed by atoms with van der Waals surface area (Å²) in [5.41, 5.74) is 0. The van der Waals surface area contributed by atoms with Gasteiger partial charge >= 0.3 is 17.9 Å². The zero-order chi connectivity index (χ0) is 36.0. The molecule has 0 heterocycles. The van der Waals surface area contributed by atoms with Gasteiger partial charge in [-0.2, -0.15) is 0 Å². The minimum atomic E-state index is -0.757. The molecule has 6 nitrogen and oxygen atoms in total. The number of esters is 3. The van der Waals surface area contributed by atoms with Crippen molar-refractivity contribution in [3.8, 4) is 0 Å². The van der Waals surface area contributed by atoms with E-state index in [1.54, 1.807) is 0 Å². The fraction of sp³-hybridized carbons (Fsp3) is 0.930. The summed E-state index contributed by atoms with van der Waals surface area (Å²) < 4.78 is 16.6. The Labute approximate surface area is 304 Å². The van der Waals surface area contributed by atoms with Crippen molar-refractivity contribution in [3.05, 3.63) is 0 Å². The van der Waals surface area contributed by atoms with Gasteiger partial charge in [0, 0.05) is 19.3 Å². The predicted octanol–water partition coefficient (Wildman–Crippen LogP) is 13.2. The molecular formula is C43H82O6. The van der Waals surface area contributed by atoms with Gasteiger partial charge in [-0.1, -0.05) is 195 Å². The van der Waals surface area contributed by atoms with Gasteiger partial charge < -0.3 is 14.2 Å². The SMILES string of the molecule is CCCCCCCCCCCCCCC(=O)OC[C@H](COC(=O)CCCCCCC)OC(=O)CCCCCCCCCCCCCC(C)C. The van der Waals surface area contributed by atoms with Gasteiger partial charge in [-0.15, -0.1) is 0 Å². The first-order valence-electron chi connectivity index (χ1n) is 21.4. The van der Waals surface area contributed by atoms with Crippen molar-refractivity contribution in [1.29, 1.82) is 0 Å². The van der Waals surface area contributed by atoms with Gasteiger partial charge in [-0.05, 0) is 25.2 Å². The van der Waals surface area contributed by atoms with Gasteiger partial charge in [0.05, 0.1) is 0 Å². The Hall–Kier alpha value is -1.59. The summed E-state index contributed by atoms with van der Waals surface area (Å²) in [7, 11) is 0. The first-order valence-corrected chi connectivity index (χ1v) is 21.4. The lowest BCUT2D eigenvalue weighted by Gasteiger charge is -2.18. The second kappa shape index (κ2) is 37.7. The van der Waals surface area contributed by atoms with Crippen LogP contribution in [0.4, 0.5) is 0 Å². The first-order chi connectivity index (χ1) is 23.9. The highest BCUT2D eigenvalue weighted by molar-refractivity contribution is 5.71. The molecule has 0 unspecified atom stereocenters. The lowest BCUT2D eigenvalue weighted by atomic mass is 10.0. The molecule has 49 heavy (non-hydrogen) atoms. The first kappa shape index (κ1) is 47.4. The zero-order valence-corrected chi connectivity index (χ0v) is 33.1. The van der Waals surface area contributed by atoms with Crippen LogP contribution in [0.5, 0.6) is 0 Å². The van der Waals surface area contributed by atoms with Crippen molar-refractivity contribution in [2.45, 2.75) is 239 Å². The van der Waals surface area contributed by atoms with Crippen LogP contribution in [-0.2, 0) is 28.6 Å². The second-order valence-corrected chi connectivity index (χ2v) is 15.1. The van der Waals surface area contributed by atoms with E-state index in [9.17, 15) is 14.4 Å². The topological polar surface area (TPSA) is 78.9 Å². The number of unbranched alkanes of at least 4 members (excludes halogenated alkanes) is 25. The van der Waals surface area contributed by atoms with E-state index in [1.165, 1.54) is 122 Å². The third-order valence-corrected chi connectivity index (χ3v) is 9.54. The summed E-state index contributed by atoms with van der Waals surface area (Å²) in [6.45, 7) is 8.90. The maximum Gasteiger partial charge on any atom is 0.306 e.